The minimum absolute atomic E-state index is 1.09. The van der Waals surface area contributed by atoms with Crippen molar-refractivity contribution in [3.8, 4) is 11.1 Å². The Kier molecular flexibility index (Phi) is 6.53. The van der Waals surface area contributed by atoms with Gasteiger partial charge in [-0.3, -0.25) is 0 Å². The topological polar surface area (TPSA) is 6.48 Å². The summed E-state index contributed by atoms with van der Waals surface area (Å²) >= 11 is 0. The van der Waals surface area contributed by atoms with E-state index in [9.17, 15) is 0 Å². The molecule has 0 N–H and O–H groups in total. The zero-order valence-electron chi connectivity index (χ0n) is 27.4. The molecule has 0 aliphatic heterocycles. The van der Waals surface area contributed by atoms with Crippen molar-refractivity contribution in [1.82, 2.24) is 0 Å². The normalized spacial score (nSPS) is 12.2. The fourth-order valence-corrected chi connectivity index (χ4v) is 7.95. The van der Waals surface area contributed by atoms with Gasteiger partial charge >= 0.3 is 0 Å². The minimum atomic E-state index is 1.09. The molecule has 2 aliphatic carbocycles. The minimum Gasteiger partial charge on any atom is -0.308 e. The zero-order valence-corrected chi connectivity index (χ0v) is 27.4. The Morgan fingerprint density at radius 2 is 0.820 bits per heavy atom. The van der Waals surface area contributed by atoms with Gasteiger partial charge in [0, 0.05) is 28.1 Å². The van der Waals surface area contributed by atoms with Gasteiger partial charge < -0.3 is 9.80 Å². The molecule has 10 rings (SSSR count). The van der Waals surface area contributed by atoms with E-state index in [1.807, 2.05) is 0 Å². The number of hydrogen-bond acceptors (Lipinski definition) is 2. The van der Waals surface area contributed by atoms with Crippen molar-refractivity contribution in [2.24, 2.45) is 0 Å². The third-order valence-electron chi connectivity index (χ3n) is 10.1. The lowest BCUT2D eigenvalue weighted by Gasteiger charge is -2.36. The summed E-state index contributed by atoms with van der Waals surface area (Å²) in [6, 6.07) is 61.5. The van der Waals surface area contributed by atoms with Gasteiger partial charge in [-0.05, 0) is 80.7 Å². The highest BCUT2D eigenvalue weighted by Gasteiger charge is 2.29. The van der Waals surface area contributed by atoms with E-state index in [4.69, 9.17) is 0 Å². The Hall–Kier alpha value is -6.64. The Morgan fingerprint density at radius 3 is 1.40 bits per heavy atom. The molecule has 0 fully saturated rings. The second-order valence-corrected chi connectivity index (χ2v) is 12.9. The van der Waals surface area contributed by atoms with Crippen LogP contribution in [0.3, 0.4) is 0 Å². The molecule has 2 nitrogen and oxygen atoms in total. The SMILES string of the molecule is C1=Cc2c(N(c3ccccc3)c3cccc(-c4ccccc4)c3N(c3ccccc3)c3ccc4cccc5c4c3C=C5)ccc3cccc1c23. The molecule has 8 aromatic carbocycles. The Bertz CT molecular complexity index is 2640. The van der Waals surface area contributed by atoms with Crippen LogP contribution in [0, 0.1) is 0 Å². The van der Waals surface area contributed by atoms with Gasteiger partial charge in [0.1, 0.15) is 0 Å². The van der Waals surface area contributed by atoms with Crippen molar-refractivity contribution < 1.29 is 0 Å². The smallest absolute Gasteiger partial charge is 0.0781 e. The van der Waals surface area contributed by atoms with Gasteiger partial charge in [-0.25, -0.2) is 0 Å². The summed E-state index contributed by atoms with van der Waals surface area (Å²) in [6.45, 7) is 0. The van der Waals surface area contributed by atoms with E-state index < -0.39 is 0 Å². The van der Waals surface area contributed by atoms with E-state index in [0.717, 1.165) is 45.3 Å². The first-order valence-corrected chi connectivity index (χ1v) is 17.2. The molecule has 0 saturated carbocycles. The van der Waals surface area contributed by atoms with Crippen LogP contribution in [-0.2, 0) is 0 Å². The van der Waals surface area contributed by atoms with Gasteiger partial charge in [-0.1, -0.05) is 152 Å². The fraction of sp³-hybridized carbons (Fsp3) is 0. The maximum absolute atomic E-state index is 2.48. The van der Waals surface area contributed by atoms with E-state index in [1.54, 1.807) is 0 Å². The highest BCUT2D eigenvalue weighted by atomic mass is 15.2. The molecule has 0 atom stereocenters. The van der Waals surface area contributed by atoms with Crippen LogP contribution in [0.25, 0.3) is 57.0 Å². The lowest BCUT2D eigenvalue weighted by Crippen LogP contribution is -2.19. The van der Waals surface area contributed by atoms with Gasteiger partial charge in [0.2, 0.25) is 0 Å². The zero-order chi connectivity index (χ0) is 33.0. The molecule has 0 bridgehead atoms. The quantitative estimate of drug-likeness (QED) is 0.172. The lowest BCUT2D eigenvalue weighted by atomic mass is 9.96. The van der Waals surface area contributed by atoms with E-state index in [2.05, 4.69) is 204 Å². The summed E-state index contributed by atoms with van der Waals surface area (Å²) in [5.74, 6) is 0. The molecule has 0 amide bonds. The van der Waals surface area contributed by atoms with E-state index in [0.29, 0.717) is 0 Å². The molecule has 0 saturated heterocycles. The van der Waals surface area contributed by atoms with Gasteiger partial charge in [-0.2, -0.15) is 0 Å². The standard InChI is InChI=1S/C48H32N2/c1-4-13-33(14-5-1)40-23-12-24-45(49(38-19-6-2-7-20-38)43-31-27-36-17-10-15-34-25-29-41(43)46(34)36)48(40)50(39-21-8-3-9-22-39)44-32-28-37-18-11-16-35-26-30-42(44)47(35)37/h1-32H. The highest BCUT2D eigenvalue weighted by Crippen LogP contribution is 2.53. The first-order chi connectivity index (χ1) is 24.8. The maximum atomic E-state index is 2.48. The van der Waals surface area contributed by atoms with Crippen LogP contribution >= 0.6 is 0 Å². The Morgan fingerprint density at radius 1 is 0.320 bits per heavy atom. The van der Waals surface area contributed by atoms with Crippen molar-refractivity contribution in [1.29, 1.82) is 0 Å². The monoisotopic (exact) mass is 636 g/mol. The number of benzene rings is 8. The van der Waals surface area contributed by atoms with Crippen molar-refractivity contribution >= 4 is 80.0 Å². The molecular formula is C48H32N2. The predicted molar refractivity (Wildman–Crippen MR) is 214 cm³/mol. The van der Waals surface area contributed by atoms with Crippen LogP contribution < -0.4 is 9.80 Å². The molecule has 0 heterocycles. The molecule has 0 aromatic heterocycles. The largest absolute Gasteiger partial charge is 0.308 e. The van der Waals surface area contributed by atoms with Crippen molar-refractivity contribution in [2.45, 2.75) is 0 Å². The summed E-state index contributed by atoms with van der Waals surface area (Å²) in [5.41, 5.74) is 14.0. The lowest BCUT2D eigenvalue weighted by molar-refractivity contribution is 1.23. The molecule has 2 aliphatic rings. The van der Waals surface area contributed by atoms with Gasteiger partial charge in [0.05, 0.1) is 22.7 Å². The number of anilines is 6. The van der Waals surface area contributed by atoms with Crippen molar-refractivity contribution in [3.63, 3.8) is 0 Å². The van der Waals surface area contributed by atoms with Crippen LogP contribution in [0.15, 0.2) is 170 Å². The molecule has 50 heavy (non-hydrogen) atoms. The van der Waals surface area contributed by atoms with Crippen LogP contribution in [0.1, 0.15) is 22.3 Å². The van der Waals surface area contributed by atoms with Crippen LogP contribution in [-0.4, -0.2) is 0 Å². The summed E-state index contributed by atoms with van der Waals surface area (Å²) in [7, 11) is 0. The van der Waals surface area contributed by atoms with E-state index >= 15 is 0 Å². The summed E-state index contributed by atoms with van der Waals surface area (Å²) in [4.78, 5) is 4.94. The molecular weight excluding hydrogens is 605 g/mol. The Balaban J connectivity index is 1.33. The van der Waals surface area contributed by atoms with Crippen LogP contribution in [0.2, 0.25) is 0 Å². The predicted octanol–water partition coefficient (Wildman–Crippen LogP) is 13.6. The first-order valence-electron chi connectivity index (χ1n) is 17.2. The van der Waals surface area contributed by atoms with Gasteiger partial charge in [0.25, 0.3) is 0 Å². The molecule has 0 unspecified atom stereocenters. The summed E-state index contributed by atoms with van der Waals surface area (Å²) < 4.78 is 0. The summed E-state index contributed by atoms with van der Waals surface area (Å²) in [5, 5.41) is 5.10. The third kappa shape index (κ3) is 4.43. The van der Waals surface area contributed by atoms with E-state index in [-0.39, 0.29) is 0 Å². The molecule has 0 radical (unpaired) electrons. The van der Waals surface area contributed by atoms with Crippen molar-refractivity contribution in [3.05, 3.63) is 192 Å². The second-order valence-electron chi connectivity index (χ2n) is 12.9. The fourth-order valence-electron chi connectivity index (χ4n) is 7.95. The van der Waals surface area contributed by atoms with Crippen molar-refractivity contribution in [2.75, 3.05) is 9.80 Å². The Labute approximate surface area is 292 Å². The average Bonchev–Trinajstić information content (AvgIpc) is 3.83. The first kappa shape index (κ1) is 28.4. The number of nitrogens with zero attached hydrogens (tertiary/aromatic N) is 2. The highest BCUT2D eigenvalue weighted by molar-refractivity contribution is 6.13. The van der Waals surface area contributed by atoms with Crippen LogP contribution in [0.5, 0.6) is 0 Å². The second kappa shape index (κ2) is 11.5. The maximum Gasteiger partial charge on any atom is 0.0781 e. The van der Waals surface area contributed by atoms with E-state index in [1.165, 1.54) is 43.8 Å². The van der Waals surface area contributed by atoms with Crippen LogP contribution in [0.4, 0.5) is 34.1 Å². The number of rotatable bonds is 7. The number of hydrogen-bond donors (Lipinski definition) is 0. The molecule has 8 aromatic rings. The molecule has 0 spiro atoms. The molecule has 2 heteroatoms. The number of para-hydroxylation sites is 3. The van der Waals surface area contributed by atoms with Gasteiger partial charge in [-0.15, -0.1) is 0 Å². The average molecular weight is 637 g/mol. The summed E-state index contributed by atoms with van der Waals surface area (Å²) in [6.07, 6.45) is 9.09. The third-order valence-corrected chi connectivity index (χ3v) is 10.1. The van der Waals surface area contributed by atoms with Gasteiger partial charge in [0.15, 0.2) is 0 Å². The molecule has 234 valence electrons.